The molecule has 0 fully saturated rings. The Morgan fingerprint density at radius 1 is 1.48 bits per heavy atom. The average Bonchev–Trinajstić information content (AvgIpc) is 2.92. The summed E-state index contributed by atoms with van der Waals surface area (Å²) in [6.07, 6.45) is 0. The standard InChI is InChI=1S/C13H17ClN6O2S/c1-3-22-11-5-4-9(8-10(11)14)16-12(21)15-6-7-23-13-17-18-19-20(13)2/h4-5,8H,3,6-7H2,1-2H3,(H2,15,16,21). The number of hydrogen-bond donors (Lipinski definition) is 2. The largest absolute Gasteiger partial charge is 0.492 e. The lowest BCUT2D eigenvalue weighted by molar-refractivity contribution is 0.252. The van der Waals surface area contributed by atoms with E-state index >= 15 is 0 Å². The molecule has 0 saturated heterocycles. The number of urea groups is 1. The van der Waals surface area contributed by atoms with Crippen molar-refractivity contribution in [3.63, 3.8) is 0 Å². The summed E-state index contributed by atoms with van der Waals surface area (Å²) in [5.74, 6) is 1.25. The molecular weight excluding hydrogens is 340 g/mol. The number of carbonyl (C=O) groups excluding carboxylic acids is 1. The third-order valence-corrected chi connectivity index (χ3v) is 4.00. The highest BCUT2D eigenvalue weighted by molar-refractivity contribution is 7.99. The maximum absolute atomic E-state index is 11.8. The first-order valence-electron chi connectivity index (χ1n) is 6.92. The summed E-state index contributed by atoms with van der Waals surface area (Å²) in [4.78, 5) is 11.8. The molecule has 1 heterocycles. The van der Waals surface area contributed by atoms with Gasteiger partial charge in [0, 0.05) is 25.0 Å². The Morgan fingerprint density at radius 2 is 2.30 bits per heavy atom. The van der Waals surface area contributed by atoms with Crippen LogP contribution < -0.4 is 15.4 Å². The maximum atomic E-state index is 11.8. The number of halogens is 1. The molecule has 0 radical (unpaired) electrons. The molecule has 10 heteroatoms. The number of thioether (sulfide) groups is 1. The van der Waals surface area contributed by atoms with Crippen LogP contribution in [-0.4, -0.2) is 45.1 Å². The zero-order valence-corrected chi connectivity index (χ0v) is 14.3. The van der Waals surface area contributed by atoms with Gasteiger partial charge in [0.2, 0.25) is 5.16 Å². The minimum Gasteiger partial charge on any atom is -0.492 e. The second-order valence-electron chi connectivity index (χ2n) is 4.39. The molecule has 0 saturated carbocycles. The first kappa shape index (κ1) is 17.4. The minimum atomic E-state index is -0.304. The Balaban J connectivity index is 1.74. The molecule has 0 aliphatic rings. The number of benzene rings is 1. The lowest BCUT2D eigenvalue weighted by Crippen LogP contribution is -2.30. The first-order valence-corrected chi connectivity index (χ1v) is 8.29. The zero-order chi connectivity index (χ0) is 16.7. The van der Waals surface area contributed by atoms with E-state index in [1.807, 2.05) is 6.92 Å². The number of nitrogens with zero attached hydrogens (tertiary/aromatic N) is 4. The highest BCUT2D eigenvalue weighted by Gasteiger charge is 2.06. The Kier molecular flexibility index (Phi) is 6.48. The molecule has 0 spiro atoms. The predicted octanol–water partition coefficient (Wildman–Crippen LogP) is 2.18. The highest BCUT2D eigenvalue weighted by Crippen LogP contribution is 2.27. The van der Waals surface area contributed by atoms with Gasteiger partial charge in [-0.1, -0.05) is 23.4 Å². The van der Waals surface area contributed by atoms with Gasteiger partial charge in [-0.2, -0.15) is 0 Å². The van der Waals surface area contributed by atoms with Crippen LogP contribution in [0.2, 0.25) is 5.02 Å². The van der Waals surface area contributed by atoms with E-state index < -0.39 is 0 Å². The molecule has 2 rings (SSSR count). The van der Waals surface area contributed by atoms with Crippen molar-refractivity contribution < 1.29 is 9.53 Å². The molecule has 0 atom stereocenters. The van der Waals surface area contributed by atoms with Crippen molar-refractivity contribution in [2.45, 2.75) is 12.1 Å². The van der Waals surface area contributed by atoms with Crippen LogP contribution in [-0.2, 0) is 7.05 Å². The Bertz CT molecular complexity index is 666. The van der Waals surface area contributed by atoms with Gasteiger partial charge in [-0.15, -0.1) is 5.10 Å². The summed E-state index contributed by atoms with van der Waals surface area (Å²) in [6.45, 7) is 2.89. The highest BCUT2D eigenvalue weighted by atomic mass is 35.5. The predicted molar refractivity (Wildman–Crippen MR) is 89.2 cm³/mol. The number of amides is 2. The molecule has 1 aromatic carbocycles. The van der Waals surface area contributed by atoms with Gasteiger partial charge in [-0.05, 0) is 35.5 Å². The van der Waals surface area contributed by atoms with Gasteiger partial charge in [0.15, 0.2) is 0 Å². The average molecular weight is 357 g/mol. The van der Waals surface area contributed by atoms with Crippen LogP contribution >= 0.6 is 23.4 Å². The van der Waals surface area contributed by atoms with Crippen molar-refractivity contribution >= 4 is 35.1 Å². The summed E-state index contributed by atoms with van der Waals surface area (Å²) in [7, 11) is 1.76. The van der Waals surface area contributed by atoms with Crippen LogP contribution in [0.3, 0.4) is 0 Å². The van der Waals surface area contributed by atoms with Gasteiger partial charge >= 0.3 is 6.03 Å². The molecule has 0 aliphatic heterocycles. The summed E-state index contributed by atoms with van der Waals surface area (Å²) >= 11 is 7.53. The Morgan fingerprint density at radius 3 is 2.96 bits per heavy atom. The van der Waals surface area contributed by atoms with Gasteiger partial charge in [-0.25, -0.2) is 9.48 Å². The van der Waals surface area contributed by atoms with E-state index in [0.717, 1.165) is 0 Å². The molecule has 0 bridgehead atoms. The molecule has 8 nitrogen and oxygen atoms in total. The van der Waals surface area contributed by atoms with Crippen molar-refractivity contribution in [1.82, 2.24) is 25.5 Å². The van der Waals surface area contributed by atoms with E-state index in [1.165, 1.54) is 11.8 Å². The van der Waals surface area contributed by atoms with Crippen molar-refractivity contribution in [3.05, 3.63) is 23.2 Å². The molecule has 23 heavy (non-hydrogen) atoms. The fraction of sp³-hybridized carbons (Fsp3) is 0.385. The summed E-state index contributed by atoms with van der Waals surface area (Å²) < 4.78 is 6.92. The molecule has 1 aromatic heterocycles. The zero-order valence-electron chi connectivity index (χ0n) is 12.7. The fourth-order valence-corrected chi connectivity index (χ4v) is 2.62. The molecule has 2 N–H and O–H groups in total. The SMILES string of the molecule is CCOc1ccc(NC(=O)NCCSc2nnnn2C)cc1Cl. The van der Waals surface area contributed by atoms with Crippen LogP contribution in [0.1, 0.15) is 6.92 Å². The monoisotopic (exact) mass is 356 g/mol. The topological polar surface area (TPSA) is 94.0 Å². The van der Waals surface area contributed by atoms with Crippen molar-refractivity contribution in [2.75, 3.05) is 24.2 Å². The third kappa shape index (κ3) is 5.29. The third-order valence-electron chi connectivity index (χ3n) is 2.69. The molecular formula is C13H17ClN6O2S. The number of anilines is 1. The number of ether oxygens (including phenoxy) is 1. The van der Waals surface area contributed by atoms with E-state index in [9.17, 15) is 4.79 Å². The van der Waals surface area contributed by atoms with Gasteiger partial charge in [-0.3, -0.25) is 0 Å². The van der Waals surface area contributed by atoms with Crippen LogP contribution in [0.15, 0.2) is 23.4 Å². The number of nitrogens with one attached hydrogen (secondary N) is 2. The number of aromatic nitrogens is 4. The summed E-state index contributed by atoms with van der Waals surface area (Å²) in [5.41, 5.74) is 0.598. The summed E-state index contributed by atoms with van der Waals surface area (Å²) in [5, 5.41) is 17.7. The number of tetrazole rings is 1. The smallest absolute Gasteiger partial charge is 0.319 e. The molecule has 2 aromatic rings. The normalized spacial score (nSPS) is 10.4. The van der Waals surface area contributed by atoms with Crippen molar-refractivity contribution in [1.29, 1.82) is 0 Å². The lowest BCUT2D eigenvalue weighted by Gasteiger charge is -2.10. The van der Waals surface area contributed by atoms with E-state index in [4.69, 9.17) is 16.3 Å². The number of carbonyl (C=O) groups is 1. The Labute approximate surface area is 142 Å². The molecule has 124 valence electrons. The second kappa shape index (κ2) is 8.59. The first-order chi connectivity index (χ1) is 11.1. The number of rotatable bonds is 7. The quantitative estimate of drug-likeness (QED) is 0.583. The van der Waals surface area contributed by atoms with Crippen LogP contribution in [0.4, 0.5) is 10.5 Å². The van der Waals surface area contributed by atoms with Crippen LogP contribution in [0, 0.1) is 0 Å². The van der Waals surface area contributed by atoms with E-state index in [2.05, 4.69) is 26.2 Å². The second-order valence-corrected chi connectivity index (χ2v) is 5.86. The van der Waals surface area contributed by atoms with E-state index in [0.29, 0.717) is 40.5 Å². The van der Waals surface area contributed by atoms with Gasteiger partial charge < -0.3 is 15.4 Å². The van der Waals surface area contributed by atoms with Gasteiger partial charge in [0.1, 0.15) is 5.75 Å². The summed E-state index contributed by atoms with van der Waals surface area (Å²) in [6, 6.07) is 4.79. The van der Waals surface area contributed by atoms with Crippen molar-refractivity contribution in [3.8, 4) is 5.75 Å². The lowest BCUT2D eigenvalue weighted by atomic mass is 10.3. The minimum absolute atomic E-state index is 0.304. The van der Waals surface area contributed by atoms with Gasteiger partial charge in [0.25, 0.3) is 0 Å². The number of aryl methyl sites for hydroxylation is 1. The molecule has 0 unspecified atom stereocenters. The number of hydrogen-bond acceptors (Lipinski definition) is 6. The molecule has 2 amide bonds. The Hall–Kier alpha value is -2.00. The van der Waals surface area contributed by atoms with E-state index in [-0.39, 0.29) is 6.03 Å². The fourth-order valence-electron chi connectivity index (χ4n) is 1.68. The van der Waals surface area contributed by atoms with Crippen LogP contribution in [0.5, 0.6) is 5.75 Å². The van der Waals surface area contributed by atoms with Crippen LogP contribution in [0.25, 0.3) is 0 Å². The van der Waals surface area contributed by atoms with Crippen molar-refractivity contribution in [2.24, 2.45) is 7.05 Å². The van der Waals surface area contributed by atoms with Gasteiger partial charge in [0.05, 0.1) is 11.6 Å². The maximum Gasteiger partial charge on any atom is 0.319 e. The van der Waals surface area contributed by atoms with E-state index in [1.54, 1.807) is 29.9 Å². The molecule has 0 aliphatic carbocycles.